The highest BCUT2D eigenvalue weighted by molar-refractivity contribution is 7.91. The van der Waals surface area contributed by atoms with Crippen molar-refractivity contribution in [1.29, 1.82) is 0 Å². The lowest BCUT2D eigenvalue weighted by Gasteiger charge is -2.22. The monoisotopic (exact) mass is 345 g/mol. The predicted octanol–water partition coefficient (Wildman–Crippen LogP) is 0.483. The van der Waals surface area contributed by atoms with Crippen LogP contribution >= 0.6 is 11.3 Å². The van der Waals surface area contributed by atoms with Crippen molar-refractivity contribution in [2.45, 2.75) is 32.2 Å². The van der Waals surface area contributed by atoms with E-state index in [9.17, 15) is 13.2 Å². The molecule has 1 amide bonds. The third-order valence-electron chi connectivity index (χ3n) is 3.83. The molecule has 1 atom stereocenters. The first-order valence-electron chi connectivity index (χ1n) is 7.50. The lowest BCUT2D eigenvalue weighted by molar-refractivity contribution is -0.122. The number of hydrogen-bond acceptors (Lipinski definition) is 6. The fourth-order valence-corrected chi connectivity index (χ4v) is 5.08. The molecule has 22 heavy (non-hydrogen) atoms. The number of nitrogens with zero attached hydrogens (tertiary/aromatic N) is 2. The zero-order chi connectivity index (χ0) is 16.2. The van der Waals surface area contributed by atoms with Gasteiger partial charge >= 0.3 is 0 Å². The zero-order valence-electron chi connectivity index (χ0n) is 13.0. The maximum absolute atomic E-state index is 11.9. The molecule has 0 spiro atoms. The summed E-state index contributed by atoms with van der Waals surface area (Å²) in [6.45, 7) is 2.86. The van der Waals surface area contributed by atoms with Gasteiger partial charge in [0.1, 0.15) is 0 Å². The van der Waals surface area contributed by atoms with Crippen LogP contribution in [0.1, 0.15) is 24.0 Å². The van der Waals surface area contributed by atoms with Gasteiger partial charge in [-0.15, -0.1) is 11.3 Å². The third-order valence-corrected chi connectivity index (χ3v) is 6.62. The van der Waals surface area contributed by atoms with Crippen LogP contribution in [-0.2, 0) is 27.5 Å². The van der Waals surface area contributed by atoms with Gasteiger partial charge in [-0.3, -0.25) is 9.69 Å². The van der Waals surface area contributed by atoms with Gasteiger partial charge in [-0.2, -0.15) is 0 Å². The van der Waals surface area contributed by atoms with Crippen LogP contribution < -0.4 is 5.32 Å². The van der Waals surface area contributed by atoms with Gasteiger partial charge in [0.15, 0.2) is 9.84 Å². The van der Waals surface area contributed by atoms with Crippen molar-refractivity contribution in [1.82, 2.24) is 15.2 Å². The Balaban J connectivity index is 1.69. The number of carbonyl (C=O) groups is 1. The number of amides is 1. The minimum atomic E-state index is -2.91. The van der Waals surface area contributed by atoms with Crippen molar-refractivity contribution in [3.63, 3.8) is 0 Å². The molecular weight excluding hydrogens is 322 g/mol. The molecule has 1 N–H and O–H groups in total. The number of rotatable bonds is 7. The van der Waals surface area contributed by atoms with Crippen LogP contribution in [-0.4, -0.2) is 61.9 Å². The summed E-state index contributed by atoms with van der Waals surface area (Å²) in [5, 5.41) is 6.01. The van der Waals surface area contributed by atoms with Crippen molar-refractivity contribution in [2.75, 3.05) is 31.6 Å². The van der Waals surface area contributed by atoms with Crippen molar-refractivity contribution in [3.05, 3.63) is 16.1 Å². The van der Waals surface area contributed by atoms with E-state index in [1.807, 2.05) is 10.3 Å². The molecule has 0 aliphatic carbocycles. The minimum absolute atomic E-state index is 0.0404. The van der Waals surface area contributed by atoms with E-state index in [4.69, 9.17) is 0 Å². The summed E-state index contributed by atoms with van der Waals surface area (Å²) >= 11 is 1.65. The number of hydrogen-bond donors (Lipinski definition) is 1. The molecule has 1 aromatic rings. The Kier molecular flexibility index (Phi) is 5.94. The molecular formula is C14H23N3O3S2. The van der Waals surface area contributed by atoms with E-state index in [1.54, 1.807) is 18.4 Å². The molecule has 6 nitrogen and oxygen atoms in total. The highest BCUT2D eigenvalue weighted by atomic mass is 32.2. The highest BCUT2D eigenvalue weighted by Gasteiger charge is 2.31. The van der Waals surface area contributed by atoms with Crippen molar-refractivity contribution >= 4 is 27.1 Å². The summed E-state index contributed by atoms with van der Waals surface area (Å²) in [5.74, 6) is 0.320. The molecule has 1 aromatic heterocycles. The normalized spacial score (nSPS) is 20.4. The molecule has 0 aromatic carbocycles. The number of nitrogens with one attached hydrogen (secondary N) is 1. The number of aromatic nitrogens is 1. The van der Waals surface area contributed by atoms with Gasteiger partial charge in [0.05, 0.1) is 28.8 Å². The summed E-state index contributed by atoms with van der Waals surface area (Å²) in [7, 11) is -1.11. The SMILES string of the molecule is CCc1nc(CCNC(=O)CN(C)[C@@H]2CCS(=O)(=O)C2)cs1. The summed E-state index contributed by atoms with van der Waals surface area (Å²) in [6, 6.07) is -0.0404. The molecule has 124 valence electrons. The standard InChI is InChI=1S/C14H23N3O3S2/c1-3-14-16-11(9-21-14)4-6-15-13(18)8-17(2)12-5-7-22(19,20)10-12/h9,12H,3-8,10H2,1-2H3,(H,15,18)/t12-/m1/s1. The van der Waals surface area contributed by atoms with Crippen LogP contribution in [0.4, 0.5) is 0 Å². The van der Waals surface area contributed by atoms with E-state index in [-0.39, 0.29) is 30.0 Å². The Hall–Kier alpha value is -0.990. The predicted molar refractivity (Wildman–Crippen MR) is 87.9 cm³/mol. The van der Waals surface area contributed by atoms with Gasteiger partial charge < -0.3 is 5.32 Å². The second-order valence-electron chi connectivity index (χ2n) is 5.66. The molecule has 0 radical (unpaired) electrons. The van der Waals surface area contributed by atoms with E-state index in [1.165, 1.54) is 0 Å². The lowest BCUT2D eigenvalue weighted by atomic mass is 10.2. The van der Waals surface area contributed by atoms with Gasteiger partial charge in [-0.05, 0) is 19.9 Å². The van der Waals surface area contributed by atoms with Crippen LogP contribution in [0, 0.1) is 0 Å². The number of thiazole rings is 1. The second-order valence-corrected chi connectivity index (χ2v) is 8.83. The first-order valence-corrected chi connectivity index (χ1v) is 10.2. The minimum Gasteiger partial charge on any atom is -0.355 e. The van der Waals surface area contributed by atoms with Crippen LogP contribution in [0.25, 0.3) is 0 Å². The number of likely N-dealkylation sites (N-methyl/N-ethyl adjacent to an activating group) is 1. The van der Waals surface area contributed by atoms with Crippen LogP contribution in [0.15, 0.2) is 5.38 Å². The van der Waals surface area contributed by atoms with Crippen molar-refractivity contribution < 1.29 is 13.2 Å². The Morgan fingerprint density at radius 3 is 2.91 bits per heavy atom. The summed E-state index contributed by atoms with van der Waals surface area (Å²) in [5.41, 5.74) is 1.01. The maximum Gasteiger partial charge on any atom is 0.234 e. The van der Waals surface area contributed by atoms with Gasteiger partial charge in [-0.25, -0.2) is 13.4 Å². The largest absolute Gasteiger partial charge is 0.355 e. The van der Waals surface area contributed by atoms with Crippen LogP contribution in [0.5, 0.6) is 0 Å². The van der Waals surface area contributed by atoms with Crippen molar-refractivity contribution in [3.8, 4) is 0 Å². The van der Waals surface area contributed by atoms with E-state index >= 15 is 0 Å². The number of carbonyl (C=O) groups excluding carboxylic acids is 1. The number of sulfone groups is 1. The molecule has 2 heterocycles. The molecule has 2 rings (SSSR count). The lowest BCUT2D eigenvalue weighted by Crippen LogP contribution is -2.41. The quantitative estimate of drug-likeness (QED) is 0.778. The van der Waals surface area contributed by atoms with Crippen molar-refractivity contribution in [2.24, 2.45) is 0 Å². The van der Waals surface area contributed by atoms with E-state index in [0.717, 1.165) is 23.5 Å². The Morgan fingerprint density at radius 1 is 1.55 bits per heavy atom. The summed E-state index contributed by atoms with van der Waals surface area (Å²) in [4.78, 5) is 18.2. The molecule has 1 saturated heterocycles. The molecule has 1 fully saturated rings. The first-order chi connectivity index (χ1) is 10.4. The second kappa shape index (κ2) is 7.52. The Bertz CT molecular complexity index is 613. The molecule has 1 aliphatic heterocycles. The highest BCUT2D eigenvalue weighted by Crippen LogP contribution is 2.16. The summed E-state index contributed by atoms with van der Waals surface area (Å²) in [6.07, 6.45) is 2.28. The topological polar surface area (TPSA) is 79.4 Å². The molecule has 0 unspecified atom stereocenters. The van der Waals surface area contributed by atoms with Crippen LogP contribution in [0.3, 0.4) is 0 Å². The van der Waals surface area contributed by atoms with Gasteiger partial charge in [0.2, 0.25) is 5.91 Å². The molecule has 8 heteroatoms. The average molecular weight is 345 g/mol. The molecule has 0 saturated carbocycles. The fraction of sp³-hybridized carbons (Fsp3) is 0.714. The van der Waals surface area contributed by atoms with E-state index in [0.29, 0.717) is 13.0 Å². The molecule has 0 bridgehead atoms. The van der Waals surface area contributed by atoms with E-state index < -0.39 is 9.84 Å². The van der Waals surface area contributed by atoms with Gasteiger partial charge in [0, 0.05) is 24.4 Å². The smallest absolute Gasteiger partial charge is 0.234 e. The first kappa shape index (κ1) is 17.4. The zero-order valence-corrected chi connectivity index (χ0v) is 14.7. The number of aryl methyl sites for hydroxylation is 1. The van der Waals surface area contributed by atoms with Gasteiger partial charge in [-0.1, -0.05) is 6.92 Å². The third kappa shape index (κ3) is 5.03. The maximum atomic E-state index is 11.9. The van der Waals surface area contributed by atoms with Crippen LogP contribution in [0.2, 0.25) is 0 Å². The Morgan fingerprint density at radius 2 is 2.32 bits per heavy atom. The molecule has 1 aliphatic rings. The van der Waals surface area contributed by atoms with Gasteiger partial charge in [0.25, 0.3) is 0 Å². The Labute approximate surface area is 135 Å². The average Bonchev–Trinajstić information content (AvgIpc) is 3.05. The van der Waals surface area contributed by atoms with E-state index in [2.05, 4.69) is 17.2 Å². The fourth-order valence-electron chi connectivity index (χ4n) is 2.49. The summed E-state index contributed by atoms with van der Waals surface area (Å²) < 4.78 is 22.9.